The Morgan fingerprint density at radius 1 is 0.955 bits per heavy atom. The van der Waals surface area contributed by atoms with E-state index in [0.29, 0.717) is 16.2 Å². The Kier molecular flexibility index (Phi) is 9.73. The molecule has 1 heterocycles. The van der Waals surface area contributed by atoms with Gasteiger partial charge in [-0.1, -0.05) is 75.5 Å². The van der Waals surface area contributed by atoms with E-state index in [4.69, 9.17) is 17.0 Å². The molecule has 2 aliphatic rings. The second kappa shape index (κ2) is 13.1. The fourth-order valence-electron chi connectivity index (χ4n) is 4.89. The topological polar surface area (TPSA) is 108 Å². The zero-order valence-corrected chi connectivity index (χ0v) is 26.9. The number of carbonyl (C=O) groups excluding carboxylic acids is 4. The average molecular weight is 617 g/mol. The van der Waals surface area contributed by atoms with E-state index in [1.807, 2.05) is 80.3 Å². The standard InChI is InChI=1S/C34H40N4O5S/c1-33(2,3)28(39)21-38-27-18-11-10-17-26(27)37(23-14-8-7-9-15-23)20-25(31(38)41)36-32(42)35-24-16-12-13-22(30(24)44)19-29(40)43-34(4,5)6/h7-18,22,25H,19-21H2,1-6H3,(H2,35,36,42). The molecule has 1 aliphatic carbocycles. The molecule has 10 heteroatoms. The number of nitrogens with one attached hydrogen (secondary N) is 2. The molecule has 0 bridgehead atoms. The molecular formula is C34H40N4O5S. The third kappa shape index (κ3) is 7.99. The number of para-hydroxylation sites is 3. The number of ether oxygens (including phenoxy) is 1. The number of nitrogens with zero attached hydrogens (tertiary/aromatic N) is 2. The number of benzene rings is 2. The Morgan fingerprint density at radius 2 is 1.59 bits per heavy atom. The molecule has 4 rings (SSSR count). The van der Waals surface area contributed by atoms with Gasteiger partial charge in [0, 0.05) is 21.9 Å². The largest absolute Gasteiger partial charge is 0.460 e. The number of fused-ring (bicyclic) bond motifs is 1. The number of hydrogen-bond donors (Lipinski definition) is 2. The highest BCUT2D eigenvalue weighted by Crippen LogP contribution is 2.37. The van der Waals surface area contributed by atoms with Crippen molar-refractivity contribution in [3.8, 4) is 0 Å². The molecule has 0 aromatic heterocycles. The third-order valence-electron chi connectivity index (χ3n) is 7.17. The highest BCUT2D eigenvalue weighted by atomic mass is 32.1. The molecule has 9 nitrogen and oxygen atoms in total. The van der Waals surface area contributed by atoms with Crippen LogP contribution in [0.4, 0.5) is 21.9 Å². The molecule has 2 atom stereocenters. The van der Waals surface area contributed by atoms with Crippen LogP contribution in [0.3, 0.4) is 0 Å². The van der Waals surface area contributed by atoms with Crippen LogP contribution in [0.15, 0.2) is 78.5 Å². The number of thiocarbonyl (C=S) groups is 1. The molecule has 0 saturated carbocycles. The van der Waals surface area contributed by atoms with Gasteiger partial charge in [0.2, 0.25) is 0 Å². The number of amides is 3. The number of esters is 1. The van der Waals surface area contributed by atoms with Crippen LogP contribution in [0.25, 0.3) is 0 Å². The maximum Gasteiger partial charge on any atom is 0.319 e. The molecule has 2 aromatic rings. The van der Waals surface area contributed by atoms with Crippen LogP contribution >= 0.6 is 12.2 Å². The van der Waals surface area contributed by atoms with Crippen LogP contribution in [0.5, 0.6) is 0 Å². The predicted octanol–water partition coefficient (Wildman–Crippen LogP) is 5.63. The molecule has 2 unspecified atom stereocenters. The van der Waals surface area contributed by atoms with Crippen LogP contribution in [-0.4, -0.2) is 53.3 Å². The van der Waals surface area contributed by atoms with Crippen molar-refractivity contribution in [2.24, 2.45) is 11.3 Å². The highest BCUT2D eigenvalue weighted by molar-refractivity contribution is 7.80. The van der Waals surface area contributed by atoms with Crippen molar-refractivity contribution >= 4 is 57.8 Å². The van der Waals surface area contributed by atoms with Gasteiger partial charge in [-0.3, -0.25) is 14.4 Å². The number of carbonyl (C=O) groups is 4. The first-order valence-corrected chi connectivity index (χ1v) is 15.0. The quantitative estimate of drug-likeness (QED) is 0.307. The zero-order chi connectivity index (χ0) is 32.2. The van der Waals surface area contributed by atoms with Crippen molar-refractivity contribution < 1.29 is 23.9 Å². The van der Waals surface area contributed by atoms with E-state index in [1.54, 1.807) is 39.0 Å². The van der Waals surface area contributed by atoms with Crippen LogP contribution < -0.4 is 20.4 Å². The second-order valence-electron chi connectivity index (χ2n) is 12.9. The number of hydrogen-bond acceptors (Lipinski definition) is 7. The molecule has 2 aromatic carbocycles. The minimum absolute atomic E-state index is 0.0371. The first-order valence-electron chi connectivity index (χ1n) is 14.6. The predicted molar refractivity (Wildman–Crippen MR) is 176 cm³/mol. The summed E-state index contributed by atoms with van der Waals surface area (Å²) in [7, 11) is 0. The van der Waals surface area contributed by atoms with Gasteiger partial charge in [0.25, 0.3) is 5.91 Å². The van der Waals surface area contributed by atoms with Gasteiger partial charge in [0.1, 0.15) is 11.6 Å². The lowest BCUT2D eigenvalue weighted by Gasteiger charge is -2.28. The van der Waals surface area contributed by atoms with Crippen molar-refractivity contribution in [2.45, 2.75) is 59.6 Å². The summed E-state index contributed by atoms with van der Waals surface area (Å²) in [6.45, 7) is 10.8. The van der Waals surface area contributed by atoms with E-state index in [2.05, 4.69) is 10.6 Å². The lowest BCUT2D eigenvalue weighted by atomic mass is 9.90. The van der Waals surface area contributed by atoms with E-state index in [9.17, 15) is 19.2 Å². The Morgan fingerprint density at radius 3 is 2.23 bits per heavy atom. The summed E-state index contributed by atoms with van der Waals surface area (Å²) in [6.07, 6.45) is 5.21. The molecule has 1 aliphatic heterocycles. The summed E-state index contributed by atoms with van der Waals surface area (Å²) < 4.78 is 5.44. The minimum Gasteiger partial charge on any atom is -0.460 e. The van der Waals surface area contributed by atoms with Crippen molar-refractivity contribution in [3.05, 3.63) is 78.5 Å². The number of allylic oxidation sites excluding steroid dienone is 4. The van der Waals surface area contributed by atoms with Crippen molar-refractivity contribution in [2.75, 3.05) is 22.9 Å². The minimum atomic E-state index is -1.01. The van der Waals surface area contributed by atoms with Crippen LogP contribution in [0.2, 0.25) is 0 Å². The van der Waals surface area contributed by atoms with Gasteiger partial charge in [0.05, 0.1) is 36.6 Å². The van der Waals surface area contributed by atoms with Gasteiger partial charge in [-0.2, -0.15) is 0 Å². The normalized spacial score (nSPS) is 18.6. The van der Waals surface area contributed by atoms with Crippen LogP contribution in [0, 0.1) is 11.3 Å². The van der Waals surface area contributed by atoms with Crippen molar-refractivity contribution in [1.29, 1.82) is 0 Å². The maximum atomic E-state index is 14.1. The zero-order valence-electron chi connectivity index (χ0n) is 26.0. The molecule has 0 saturated heterocycles. The summed E-state index contributed by atoms with van der Waals surface area (Å²) in [5.74, 6) is -1.35. The Balaban J connectivity index is 1.58. The van der Waals surface area contributed by atoms with E-state index in [0.717, 1.165) is 11.4 Å². The van der Waals surface area contributed by atoms with Gasteiger partial charge < -0.3 is 25.2 Å². The van der Waals surface area contributed by atoms with Gasteiger partial charge in [-0.05, 0) is 51.1 Å². The third-order valence-corrected chi connectivity index (χ3v) is 7.69. The monoisotopic (exact) mass is 616 g/mol. The Hall–Kier alpha value is -4.31. The van der Waals surface area contributed by atoms with Gasteiger partial charge in [0.15, 0.2) is 5.78 Å². The molecule has 0 radical (unpaired) electrons. The lowest BCUT2D eigenvalue weighted by molar-refractivity contribution is -0.155. The number of anilines is 3. The maximum absolute atomic E-state index is 14.1. The first kappa shape index (κ1) is 32.6. The number of Topliss-reactive ketones (excluding diaryl/α,β-unsaturated/α-hetero) is 1. The van der Waals surface area contributed by atoms with Crippen molar-refractivity contribution in [3.63, 3.8) is 0 Å². The molecule has 0 spiro atoms. The Labute approximate surface area is 264 Å². The summed E-state index contributed by atoms with van der Waals surface area (Å²) in [6, 6.07) is 15.3. The molecular weight excluding hydrogens is 576 g/mol. The summed E-state index contributed by atoms with van der Waals surface area (Å²) in [4.78, 5) is 57.0. The molecule has 44 heavy (non-hydrogen) atoms. The van der Waals surface area contributed by atoms with Gasteiger partial charge in [-0.25, -0.2) is 4.79 Å². The fraction of sp³-hybridized carbons (Fsp3) is 0.382. The smallest absolute Gasteiger partial charge is 0.319 e. The summed E-state index contributed by atoms with van der Waals surface area (Å²) >= 11 is 5.62. The van der Waals surface area contributed by atoms with Crippen LogP contribution in [0.1, 0.15) is 48.0 Å². The molecule has 3 amide bonds. The first-order chi connectivity index (χ1) is 20.6. The fourth-order valence-corrected chi connectivity index (χ4v) is 5.17. The summed E-state index contributed by atoms with van der Waals surface area (Å²) in [5, 5.41) is 5.60. The van der Waals surface area contributed by atoms with E-state index < -0.39 is 40.9 Å². The SMILES string of the molecule is CC(C)(C)OC(=O)CC1C=CC=C(NC(=O)NC2CN(c3ccccc3)c3ccccc3N(CC(=O)C(C)(C)C)C2=O)C1=S. The average Bonchev–Trinajstić information content (AvgIpc) is 3.05. The molecule has 2 N–H and O–H groups in total. The van der Waals surface area contributed by atoms with E-state index in [-0.39, 0.29) is 25.3 Å². The summed E-state index contributed by atoms with van der Waals surface area (Å²) in [5.41, 5.74) is 1.21. The second-order valence-corrected chi connectivity index (χ2v) is 13.3. The number of urea groups is 1. The van der Waals surface area contributed by atoms with Gasteiger partial charge >= 0.3 is 12.0 Å². The number of rotatable bonds is 7. The molecule has 232 valence electrons. The van der Waals surface area contributed by atoms with Gasteiger partial charge in [-0.15, -0.1) is 0 Å². The molecule has 0 fully saturated rings. The highest BCUT2D eigenvalue weighted by Gasteiger charge is 2.38. The van der Waals surface area contributed by atoms with E-state index >= 15 is 0 Å². The lowest BCUT2D eigenvalue weighted by Crippen LogP contribution is -2.55. The Bertz CT molecular complexity index is 1500. The number of ketones is 1. The van der Waals surface area contributed by atoms with Crippen molar-refractivity contribution in [1.82, 2.24) is 10.6 Å². The van der Waals surface area contributed by atoms with E-state index in [1.165, 1.54) is 4.90 Å². The van der Waals surface area contributed by atoms with Crippen LogP contribution in [-0.2, 0) is 19.1 Å².